The number of hydrogen-bond acceptors (Lipinski definition) is 3. The molecule has 2 rings (SSSR count). The Morgan fingerprint density at radius 3 is 2.56 bits per heavy atom. The molecule has 1 aliphatic carbocycles. The van der Waals surface area contributed by atoms with Crippen molar-refractivity contribution in [3.63, 3.8) is 0 Å². The summed E-state index contributed by atoms with van der Waals surface area (Å²) < 4.78 is 0. The SMILES string of the molecule is CC1CN(CC(N)CC2CCCCC2)CCN1C. The molecule has 2 atom stereocenters. The molecule has 1 heterocycles. The van der Waals surface area contributed by atoms with Gasteiger partial charge >= 0.3 is 0 Å². The highest BCUT2D eigenvalue weighted by atomic mass is 15.3. The average molecular weight is 253 g/mol. The molecule has 0 spiro atoms. The third kappa shape index (κ3) is 4.22. The van der Waals surface area contributed by atoms with Gasteiger partial charge in [-0.15, -0.1) is 0 Å². The molecule has 0 aromatic heterocycles. The van der Waals surface area contributed by atoms with Gasteiger partial charge in [-0.05, 0) is 26.3 Å². The Morgan fingerprint density at radius 1 is 1.17 bits per heavy atom. The second-order valence-corrected chi connectivity index (χ2v) is 6.59. The lowest BCUT2D eigenvalue weighted by Crippen LogP contribution is -2.52. The van der Waals surface area contributed by atoms with Crippen LogP contribution in [0.25, 0.3) is 0 Å². The van der Waals surface area contributed by atoms with E-state index in [0.29, 0.717) is 12.1 Å². The van der Waals surface area contributed by atoms with E-state index < -0.39 is 0 Å². The van der Waals surface area contributed by atoms with Crippen LogP contribution >= 0.6 is 0 Å². The molecule has 1 saturated carbocycles. The summed E-state index contributed by atoms with van der Waals surface area (Å²) >= 11 is 0. The molecular weight excluding hydrogens is 222 g/mol. The van der Waals surface area contributed by atoms with E-state index in [0.717, 1.165) is 12.5 Å². The van der Waals surface area contributed by atoms with E-state index in [-0.39, 0.29) is 0 Å². The second kappa shape index (κ2) is 6.88. The van der Waals surface area contributed by atoms with E-state index in [1.165, 1.54) is 58.2 Å². The molecule has 3 heteroatoms. The van der Waals surface area contributed by atoms with Gasteiger partial charge in [-0.3, -0.25) is 4.90 Å². The molecule has 2 N–H and O–H groups in total. The predicted molar refractivity (Wildman–Crippen MR) is 77.7 cm³/mol. The summed E-state index contributed by atoms with van der Waals surface area (Å²) in [5, 5.41) is 0. The molecule has 1 aliphatic heterocycles. The van der Waals surface area contributed by atoms with Crippen LogP contribution in [0.4, 0.5) is 0 Å². The first-order valence-corrected chi connectivity index (χ1v) is 7.83. The van der Waals surface area contributed by atoms with Crippen molar-refractivity contribution in [1.29, 1.82) is 0 Å². The van der Waals surface area contributed by atoms with Crippen LogP contribution in [0.15, 0.2) is 0 Å². The third-order valence-electron chi connectivity index (χ3n) is 4.90. The van der Waals surface area contributed by atoms with Crippen molar-refractivity contribution in [2.45, 2.75) is 57.5 Å². The minimum absolute atomic E-state index is 0.392. The second-order valence-electron chi connectivity index (χ2n) is 6.59. The van der Waals surface area contributed by atoms with Crippen LogP contribution in [0.2, 0.25) is 0 Å². The standard InChI is InChI=1S/C15H31N3/c1-13-11-18(9-8-17(13)2)12-15(16)10-14-6-4-3-5-7-14/h13-15H,3-12,16H2,1-2H3. The van der Waals surface area contributed by atoms with Gasteiger partial charge in [-0.25, -0.2) is 0 Å². The predicted octanol–water partition coefficient (Wildman–Crippen LogP) is 1.92. The van der Waals surface area contributed by atoms with E-state index in [1.807, 2.05) is 0 Å². The van der Waals surface area contributed by atoms with Crippen molar-refractivity contribution >= 4 is 0 Å². The molecule has 0 amide bonds. The van der Waals surface area contributed by atoms with Crippen LogP contribution in [0.1, 0.15) is 45.4 Å². The maximum atomic E-state index is 6.36. The number of rotatable bonds is 4. The van der Waals surface area contributed by atoms with E-state index in [9.17, 15) is 0 Å². The number of nitrogens with zero attached hydrogens (tertiary/aromatic N) is 2. The first kappa shape index (κ1) is 14.3. The Morgan fingerprint density at radius 2 is 1.89 bits per heavy atom. The lowest BCUT2D eigenvalue weighted by atomic mass is 9.85. The van der Waals surface area contributed by atoms with Gasteiger partial charge in [0.15, 0.2) is 0 Å². The van der Waals surface area contributed by atoms with Crippen LogP contribution in [0.3, 0.4) is 0 Å². The topological polar surface area (TPSA) is 32.5 Å². The third-order valence-corrected chi connectivity index (χ3v) is 4.90. The van der Waals surface area contributed by atoms with Gasteiger partial charge in [-0.2, -0.15) is 0 Å². The Hall–Kier alpha value is -0.120. The molecule has 2 unspecified atom stereocenters. The van der Waals surface area contributed by atoms with Crippen molar-refractivity contribution in [1.82, 2.24) is 9.80 Å². The van der Waals surface area contributed by atoms with Crippen LogP contribution in [-0.2, 0) is 0 Å². The van der Waals surface area contributed by atoms with Crippen molar-refractivity contribution in [3.8, 4) is 0 Å². The molecule has 2 aliphatic rings. The molecule has 0 bridgehead atoms. The van der Waals surface area contributed by atoms with Gasteiger partial charge in [0.25, 0.3) is 0 Å². The molecule has 2 fully saturated rings. The van der Waals surface area contributed by atoms with Crippen molar-refractivity contribution in [3.05, 3.63) is 0 Å². The largest absolute Gasteiger partial charge is 0.327 e. The van der Waals surface area contributed by atoms with Gasteiger partial charge in [0.2, 0.25) is 0 Å². The summed E-state index contributed by atoms with van der Waals surface area (Å²) in [7, 11) is 2.23. The lowest BCUT2D eigenvalue weighted by molar-refractivity contribution is 0.0972. The van der Waals surface area contributed by atoms with E-state index in [4.69, 9.17) is 5.73 Å². The Balaban J connectivity index is 1.68. The fourth-order valence-corrected chi connectivity index (χ4v) is 3.55. The van der Waals surface area contributed by atoms with E-state index >= 15 is 0 Å². The van der Waals surface area contributed by atoms with Gasteiger partial charge in [-0.1, -0.05) is 32.1 Å². The summed E-state index contributed by atoms with van der Waals surface area (Å²) in [6.07, 6.45) is 8.41. The smallest absolute Gasteiger partial charge is 0.0192 e. The summed E-state index contributed by atoms with van der Waals surface area (Å²) in [6.45, 7) is 7.00. The maximum Gasteiger partial charge on any atom is 0.0192 e. The molecule has 1 saturated heterocycles. The summed E-state index contributed by atoms with van der Waals surface area (Å²) in [6, 6.07) is 1.07. The van der Waals surface area contributed by atoms with Gasteiger partial charge < -0.3 is 10.6 Å². The summed E-state index contributed by atoms with van der Waals surface area (Å²) in [4.78, 5) is 5.02. The molecule has 0 radical (unpaired) electrons. The molecule has 0 aromatic carbocycles. The number of likely N-dealkylation sites (N-methyl/N-ethyl adjacent to an activating group) is 1. The van der Waals surface area contributed by atoms with Crippen molar-refractivity contribution in [2.75, 3.05) is 33.2 Å². The Bertz CT molecular complexity index is 238. The monoisotopic (exact) mass is 253 g/mol. The van der Waals surface area contributed by atoms with Gasteiger partial charge in [0.05, 0.1) is 0 Å². The Kier molecular flexibility index (Phi) is 5.46. The lowest BCUT2D eigenvalue weighted by Gasteiger charge is -2.39. The van der Waals surface area contributed by atoms with Crippen molar-refractivity contribution < 1.29 is 0 Å². The van der Waals surface area contributed by atoms with Gasteiger partial charge in [0, 0.05) is 38.3 Å². The zero-order valence-corrected chi connectivity index (χ0v) is 12.3. The molecule has 106 valence electrons. The zero-order chi connectivity index (χ0) is 13.0. The van der Waals surface area contributed by atoms with Crippen LogP contribution in [0, 0.1) is 5.92 Å². The molecule has 18 heavy (non-hydrogen) atoms. The average Bonchev–Trinajstić information content (AvgIpc) is 2.35. The fourth-order valence-electron chi connectivity index (χ4n) is 3.55. The number of hydrogen-bond donors (Lipinski definition) is 1. The highest BCUT2D eigenvalue weighted by Crippen LogP contribution is 2.27. The first-order valence-electron chi connectivity index (χ1n) is 7.83. The zero-order valence-electron chi connectivity index (χ0n) is 12.3. The Labute approximate surface area is 113 Å². The molecule has 0 aromatic rings. The first-order chi connectivity index (χ1) is 8.65. The van der Waals surface area contributed by atoms with Gasteiger partial charge in [0.1, 0.15) is 0 Å². The summed E-state index contributed by atoms with van der Waals surface area (Å²) in [5.74, 6) is 0.915. The van der Waals surface area contributed by atoms with E-state index in [2.05, 4.69) is 23.8 Å². The summed E-state index contributed by atoms with van der Waals surface area (Å²) in [5.41, 5.74) is 6.36. The fraction of sp³-hybridized carbons (Fsp3) is 1.00. The van der Waals surface area contributed by atoms with Crippen molar-refractivity contribution in [2.24, 2.45) is 11.7 Å². The number of piperazine rings is 1. The van der Waals surface area contributed by atoms with Crippen LogP contribution < -0.4 is 5.73 Å². The quantitative estimate of drug-likeness (QED) is 0.831. The minimum atomic E-state index is 0.392. The highest BCUT2D eigenvalue weighted by molar-refractivity contribution is 4.81. The molecular formula is C15H31N3. The minimum Gasteiger partial charge on any atom is -0.327 e. The van der Waals surface area contributed by atoms with Crippen LogP contribution in [0.5, 0.6) is 0 Å². The molecule has 3 nitrogen and oxygen atoms in total. The van der Waals surface area contributed by atoms with Crippen LogP contribution in [-0.4, -0.2) is 55.1 Å². The normalized spacial score (nSPS) is 30.5. The maximum absolute atomic E-state index is 6.36. The number of nitrogens with two attached hydrogens (primary N) is 1. The highest BCUT2D eigenvalue weighted by Gasteiger charge is 2.23. The van der Waals surface area contributed by atoms with E-state index in [1.54, 1.807) is 0 Å².